The average Bonchev–Trinajstić information content (AvgIpc) is 2.26. The van der Waals surface area contributed by atoms with E-state index in [4.69, 9.17) is 19.5 Å². The summed E-state index contributed by atoms with van der Waals surface area (Å²) < 4.78 is 15.7. The minimum absolute atomic E-state index is 0.445. The van der Waals surface area contributed by atoms with Gasteiger partial charge in [0.2, 0.25) is 0 Å². The predicted octanol–water partition coefficient (Wildman–Crippen LogP) is 1.75. The summed E-state index contributed by atoms with van der Waals surface area (Å²) in [4.78, 5) is 0. The molecular formula is C11H21NO3. The second-order valence-electron chi connectivity index (χ2n) is 3.10. The summed E-state index contributed by atoms with van der Waals surface area (Å²) in [5, 5.41) is 8.23. The molecule has 0 aliphatic carbocycles. The van der Waals surface area contributed by atoms with Crippen LogP contribution in [-0.2, 0) is 14.2 Å². The van der Waals surface area contributed by atoms with E-state index in [9.17, 15) is 0 Å². The molecule has 0 atom stereocenters. The molecule has 4 nitrogen and oxygen atoms in total. The van der Waals surface area contributed by atoms with Crippen molar-refractivity contribution >= 4 is 0 Å². The third kappa shape index (κ3) is 13.4. The van der Waals surface area contributed by atoms with Crippen LogP contribution in [-0.4, -0.2) is 39.6 Å². The maximum atomic E-state index is 8.23. The van der Waals surface area contributed by atoms with Gasteiger partial charge in [0.15, 0.2) is 0 Å². The molecule has 0 aromatic heterocycles. The number of unbranched alkanes of at least 4 members (excludes halogenated alkanes) is 1. The summed E-state index contributed by atoms with van der Waals surface area (Å²) in [6.45, 7) is 5.84. The Labute approximate surface area is 92.1 Å². The van der Waals surface area contributed by atoms with Gasteiger partial charge in [-0.05, 0) is 6.42 Å². The van der Waals surface area contributed by atoms with Crippen LogP contribution < -0.4 is 0 Å². The molecule has 88 valence electrons. The molecule has 15 heavy (non-hydrogen) atoms. The van der Waals surface area contributed by atoms with Gasteiger partial charge in [-0.1, -0.05) is 13.3 Å². The largest absolute Gasteiger partial charge is 0.379 e. The van der Waals surface area contributed by atoms with E-state index >= 15 is 0 Å². The van der Waals surface area contributed by atoms with Crippen LogP contribution in [0.5, 0.6) is 0 Å². The van der Waals surface area contributed by atoms with Gasteiger partial charge in [0.1, 0.15) is 0 Å². The van der Waals surface area contributed by atoms with Crippen LogP contribution in [0, 0.1) is 11.3 Å². The molecule has 4 heteroatoms. The van der Waals surface area contributed by atoms with E-state index in [1.165, 1.54) is 0 Å². The van der Waals surface area contributed by atoms with Crippen molar-refractivity contribution in [1.29, 1.82) is 5.26 Å². The molecule has 0 saturated carbocycles. The lowest BCUT2D eigenvalue weighted by atomic mass is 10.4. The van der Waals surface area contributed by atoms with Crippen LogP contribution >= 0.6 is 0 Å². The standard InChI is InChI=1S/C11H21NO3/c1-2-3-6-13-8-10-15-11-9-14-7-4-5-12/h2-4,6-11H2,1H3. The summed E-state index contributed by atoms with van der Waals surface area (Å²) in [5.74, 6) is 0. The predicted molar refractivity (Wildman–Crippen MR) is 57.6 cm³/mol. The number of nitrogens with zero attached hydrogens (tertiary/aromatic N) is 1. The Morgan fingerprint density at radius 3 is 1.93 bits per heavy atom. The Morgan fingerprint density at radius 1 is 0.867 bits per heavy atom. The Bertz CT molecular complexity index is 156. The van der Waals surface area contributed by atoms with Gasteiger partial charge in [0.25, 0.3) is 0 Å². The first-order valence-corrected chi connectivity index (χ1v) is 5.52. The van der Waals surface area contributed by atoms with Gasteiger partial charge in [0.05, 0.1) is 45.5 Å². The van der Waals surface area contributed by atoms with E-state index in [1.54, 1.807) is 0 Å². The van der Waals surface area contributed by atoms with Crippen LogP contribution in [0.3, 0.4) is 0 Å². The van der Waals surface area contributed by atoms with Crippen molar-refractivity contribution in [3.05, 3.63) is 0 Å². The van der Waals surface area contributed by atoms with E-state index in [2.05, 4.69) is 6.92 Å². The molecule has 0 saturated heterocycles. The fourth-order valence-corrected chi connectivity index (χ4v) is 0.906. The highest BCUT2D eigenvalue weighted by Crippen LogP contribution is 1.88. The van der Waals surface area contributed by atoms with Crippen LogP contribution in [0.2, 0.25) is 0 Å². The van der Waals surface area contributed by atoms with Crippen molar-refractivity contribution in [2.45, 2.75) is 26.2 Å². The van der Waals surface area contributed by atoms with Crippen LogP contribution in [0.25, 0.3) is 0 Å². The van der Waals surface area contributed by atoms with Gasteiger partial charge in [-0.25, -0.2) is 0 Å². The Balaban J connectivity index is 2.84. The molecule has 0 bridgehead atoms. The second kappa shape index (κ2) is 13.4. The lowest BCUT2D eigenvalue weighted by molar-refractivity contribution is 0.0150. The average molecular weight is 215 g/mol. The minimum Gasteiger partial charge on any atom is -0.379 e. The summed E-state index contributed by atoms with van der Waals surface area (Å²) in [7, 11) is 0. The van der Waals surface area contributed by atoms with Gasteiger partial charge in [0, 0.05) is 6.61 Å². The van der Waals surface area contributed by atoms with Crippen molar-refractivity contribution in [2.75, 3.05) is 39.6 Å². The lowest BCUT2D eigenvalue weighted by Crippen LogP contribution is -2.10. The lowest BCUT2D eigenvalue weighted by Gasteiger charge is -2.05. The zero-order valence-electron chi connectivity index (χ0n) is 9.54. The molecule has 0 spiro atoms. The van der Waals surface area contributed by atoms with E-state index in [0.717, 1.165) is 19.4 Å². The molecule has 0 aliphatic heterocycles. The van der Waals surface area contributed by atoms with Crippen molar-refractivity contribution in [1.82, 2.24) is 0 Å². The summed E-state index contributed by atoms with van der Waals surface area (Å²) in [6.07, 6.45) is 2.71. The normalized spacial score (nSPS) is 10.1. The quantitative estimate of drug-likeness (QED) is 0.493. The Hall–Kier alpha value is -0.630. The van der Waals surface area contributed by atoms with Crippen molar-refractivity contribution in [3.63, 3.8) is 0 Å². The first-order valence-electron chi connectivity index (χ1n) is 5.52. The van der Waals surface area contributed by atoms with Gasteiger partial charge >= 0.3 is 0 Å². The second-order valence-corrected chi connectivity index (χ2v) is 3.10. The van der Waals surface area contributed by atoms with Gasteiger partial charge < -0.3 is 14.2 Å². The summed E-state index contributed by atoms with van der Waals surface area (Å²) in [6, 6.07) is 2.01. The minimum atomic E-state index is 0.445. The van der Waals surface area contributed by atoms with Crippen molar-refractivity contribution in [3.8, 4) is 6.07 Å². The molecule has 0 fully saturated rings. The number of rotatable bonds is 11. The van der Waals surface area contributed by atoms with Crippen molar-refractivity contribution in [2.24, 2.45) is 0 Å². The Morgan fingerprint density at radius 2 is 1.40 bits per heavy atom. The fourth-order valence-electron chi connectivity index (χ4n) is 0.906. The first-order chi connectivity index (χ1) is 7.41. The molecule has 0 heterocycles. The highest BCUT2D eigenvalue weighted by Gasteiger charge is 1.90. The van der Waals surface area contributed by atoms with Gasteiger partial charge in [-0.15, -0.1) is 0 Å². The van der Waals surface area contributed by atoms with E-state index < -0.39 is 0 Å². The highest BCUT2D eigenvalue weighted by molar-refractivity contribution is 4.66. The highest BCUT2D eigenvalue weighted by atomic mass is 16.5. The van der Waals surface area contributed by atoms with Crippen molar-refractivity contribution < 1.29 is 14.2 Å². The molecule has 0 amide bonds. The molecule has 0 unspecified atom stereocenters. The molecule has 0 aromatic rings. The number of nitriles is 1. The monoisotopic (exact) mass is 215 g/mol. The zero-order valence-corrected chi connectivity index (χ0v) is 9.54. The van der Waals surface area contributed by atoms with Gasteiger partial charge in [-0.3, -0.25) is 0 Å². The van der Waals surface area contributed by atoms with E-state index in [1.807, 2.05) is 6.07 Å². The third-order valence-corrected chi connectivity index (χ3v) is 1.74. The zero-order chi connectivity index (χ0) is 11.2. The third-order valence-electron chi connectivity index (χ3n) is 1.74. The Kier molecular flexibility index (Phi) is 12.8. The van der Waals surface area contributed by atoms with Crippen LogP contribution in [0.4, 0.5) is 0 Å². The smallest absolute Gasteiger partial charge is 0.0701 e. The number of hydrogen-bond acceptors (Lipinski definition) is 4. The topological polar surface area (TPSA) is 51.5 Å². The van der Waals surface area contributed by atoms with Crippen LogP contribution in [0.15, 0.2) is 0 Å². The van der Waals surface area contributed by atoms with E-state index in [0.29, 0.717) is 39.5 Å². The molecule has 0 N–H and O–H groups in total. The molecule has 0 radical (unpaired) electrons. The first kappa shape index (κ1) is 14.4. The van der Waals surface area contributed by atoms with E-state index in [-0.39, 0.29) is 0 Å². The fraction of sp³-hybridized carbons (Fsp3) is 0.909. The number of ether oxygens (including phenoxy) is 3. The molecular weight excluding hydrogens is 194 g/mol. The van der Waals surface area contributed by atoms with Gasteiger partial charge in [-0.2, -0.15) is 5.26 Å². The maximum Gasteiger partial charge on any atom is 0.0701 e. The summed E-state index contributed by atoms with van der Waals surface area (Å²) >= 11 is 0. The maximum absolute atomic E-state index is 8.23. The van der Waals surface area contributed by atoms with Crippen LogP contribution in [0.1, 0.15) is 26.2 Å². The SMILES string of the molecule is CCCCOCCOCCOCCC#N. The number of hydrogen-bond donors (Lipinski definition) is 0. The molecule has 0 rings (SSSR count). The summed E-state index contributed by atoms with van der Waals surface area (Å²) in [5.41, 5.74) is 0. The molecule has 0 aliphatic rings. The molecule has 0 aromatic carbocycles.